The van der Waals surface area contributed by atoms with E-state index in [2.05, 4.69) is 5.32 Å². The third-order valence-corrected chi connectivity index (χ3v) is 4.69. The molecule has 2 rings (SSSR count). The highest BCUT2D eigenvalue weighted by atomic mass is 16.5. The van der Waals surface area contributed by atoms with Crippen LogP contribution in [-0.4, -0.2) is 30.8 Å². The molecule has 0 heterocycles. The molecule has 0 radical (unpaired) electrons. The molecule has 0 bridgehead atoms. The Morgan fingerprint density at radius 2 is 2.00 bits per heavy atom. The van der Waals surface area contributed by atoms with Crippen molar-refractivity contribution in [3.8, 4) is 5.75 Å². The van der Waals surface area contributed by atoms with Crippen LogP contribution in [0.5, 0.6) is 5.75 Å². The van der Waals surface area contributed by atoms with Crippen LogP contribution in [0.3, 0.4) is 0 Å². The lowest BCUT2D eigenvalue weighted by Crippen LogP contribution is -2.42. The first kappa shape index (κ1) is 16.8. The maximum Gasteiger partial charge on any atom is 0.230 e. The van der Waals surface area contributed by atoms with Gasteiger partial charge in [0.15, 0.2) is 0 Å². The number of nitrogens with one attached hydrogen (secondary N) is 1. The van der Waals surface area contributed by atoms with Crippen LogP contribution in [0.2, 0.25) is 0 Å². The second kappa shape index (κ2) is 7.14. The zero-order chi connectivity index (χ0) is 16.2. The van der Waals surface area contributed by atoms with Crippen molar-refractivity contribution in [2.75, 3.05) is 13.7 Å². The Kier molecular flexibility index (Phi) is 5.46. The van der Waals surface area contributed by atoms with Crippen LogP contribution in [0, 0.1) is 5.92 Å². The fourth-order valence-electron chi connectivity index (χ4n) is 3.04. The molecule has 122 valence electrons. The van der Waals surface area contributed by atoms with Crippen molar-refractivity contribution in [1.82, 2.24) is 5.32 Å². The number of benzene rings is 1. The van der Waals surface area contributed by atoms with Crippen LogP contribution in [0.25, 0.3) is 0 Å². The van der Waals surface area contributed by atoms with Crippen molar-refractivity contribution in [2.45, 2.75) is 51.0 Å². The summed E-state index contributed by atoms with van der Waals surface area (Å²) < 4.78 is 5.15. The minimum Gasteiger partial charge on any atom is -0.497 e. The standard InChI is InChI=1S/C18H27NO3/c1-18(2,14-7-9-16(22-3)10-8-14)17(21)19-12-13-5-4-6-15(20)11-13/h7-10,13,15,20H,4-6,11-12H2,1-3H3,(H,19,21). The summed E-state index contributed by atoms with van der Waals surface area (Å²) in [4.78, 5) is 12.5. The Morgan fingerprint density at radius 3 is 2.59 bits per heavy atom. The molecule has 1 aliphatic carbocycles. The van der Waals surface area contributed by atoms with E-state index in [4.69, 9.17) is 4.74 Å². The number of aliphatic hydroxyl groups excluding tert-OH is 1. The smallest absolute Gasteiger partial charge is 0.230 e. The Bertz CT molecular complexity index is 496. The first-order valence-corrected chi connectivity index (χ1v) is 8.04. The number of rotatable bonds is 5. The average molecular weight is 305 g/mol. The van der Waals surface area contributed by atoms with Gasteiger partial charge in [-0.1, -0.05) is 18.6 Å². The van der Waals surface area contributed by atoms with Crippen molar-refractivity contribution >= 4 is 5.91 Å². The van der Waals surface area contributed by atoms with Gasteiger partial charge in [-0.15, -0.1) is 0 Å². The van der Waals surface area contributed by atoms with Crippen molar-refractivity contribution in [1.29, 1.82) is 0 Å². The molecule has 0 aliphatic heterocycles. The molecule has 1 fully saturated rings. The number of ether oxygens (including phenoxy) is 1. The van der Waals surface area contributed by atoms with E-state index in [1.165, 1.54) is 0 Å². The maximum atomic E-state index is 12.5. The van der Waals surface area contributed by atoms with Gasteiger partial charge in [0, 0.05) is 6.54 Å². The van der Waals surface area contributed by atoms with Crippen LogP contribution in [-0.2, 0) is 10.2 Å². The van der Waals surface area contributed by atoms with Gasteiger partial charge in [-0.2, -0.15) is 0 Å². The van der Waals surface area contributed by atoms with Gasteiger partial charge in [-0.3, -0.25) is 4.79 Å². The average Bonchev–Trinajstić information content (AvgIpc) is 2.52. The number of hydrogen-bond donors (Lipinski definition) is 2. The SMILES string of the molecule is COc1ccc(C(C)(C)C(=O)NCC2CCCC(O)C2)cc1. The van der Waals surface area contributed by atoms with E-state index in [1.54, 1.807) is 7.11 Å². The molecule has 0 spiro atoms. The van der Waals surface area contributed by atoms with E-state index in [9.17, 15) is 9.90 Å². The summed E-state index contributed by atoms with van der Waals surface area (Å²) in [5, 5.41) is 12.8. The summed E-state index contributed by atoms with van der Waals surface area (Å²) in [5.74, 6) is 1.20. The van der Waals surface area contributed by atoms with Crippen LogP contribution in [0.4, 0.5) is 0 Å². The van der Waals surface area contributed by atoms with Gasteiger partial charge in [-0.25, -0.2) is 0 Å². The lowest BCUT2D eigenvalue weighted by Gasteiger charge is -2.29. The molecule has 4 nitrogen and oxygen atoms in total. The van der Waals surface area contributed by atoms with E-state index in [1.807, 2.05) is 38.1 Å². The fraction of sp³-hybridized carbons (Fsp3) is 0.611. The third kappa shape index (κ3) is 4.01. The summed E-state index contributed by atoms with van der Waals surface area (Å²) in [6.45, 7) is 4.51. The Balaban J connectivity index is 1.94. The third-order valence-electron chi connectivity index (χ3n) is 4.69. The largest absolute Gasteiger partial charge is 0.497 e. The minimum atomic E-state index is -0.584. The Hall–Kier alpha value is -1.55. The molecule has 1 aromatic rings. The van der Waals surface area contributed by atoms with Gasteiger partial charge in [0.2, 0.25) is 5.91 Å². The van der Waals surface area contributed by atoms with Gasteiger partial charge in [-0.05, 0) is 56.7 Å². The number of aliphatic hydroxyl groups is 1. The molecule has 0 aromatic heterocycles. The summed E-state index contributed by atoms with van der Waals surface area (Å²) in [6, 6.07) is 7.62. The first-order chi connectivity index (χ1) is 10.4. The molecular weight excluding hydrogens is 278 g/mol. The van der Waals surface area contributed by atoms with Crippen molar-refractivity contribution in [3.63, 3.8) is 0 Å². The monoisotopic (exact) mass is 305 g/mol. The zero-order valence-electron chi connectivity index (χ0n) is 13.8. The van der Waals surface area contributed by atoms with E-state index < -0.39 is 5.41 Å². The molecule has 2 N–H and O–H groups in total. The molecule has 2 atom stereocenters. The predicted octanol–water partition coefficient (Wildman–Crippen LogP) is 2.64. The zero-order valence-corrected chi connectivity index (χ0v) is 13.8. The molecule has 1 saturated carbocycles. The highest BCUT2D eigenvalue weighted by molar-refractivity contribution is 5.87. The fourth-order valence-corrected chi connectivity index (χ4v) is 3.04. The van der Waals surface area contributed by atoms with Crippen LogP contribution < -0.4 is 10.1 Å². The number of hydrogen-bond acceptors (Lipinski definition) is 3. The molecular formula is C18H27NO3. The van der Waals surface area contributed by atoms with Gasteiger partial charge >= 0.3 is 0 Å². The summed E-state index contributed by atoms with van der Waals surface area (Å²) in [5.41, 5.74) is 0.383. The Labute approximate surface area is 132 Å². The molecule has 2 unspecified atom stereocenters. The van der Waals surface area contributed by atoms with E-state index in [0.717, 1.165) is 37.0 Å². The van der Waals surface area contributed by atoms with Gasteiger partial charge in [0.1, 0.15) is 5.75 Å². The number of carbonyl (C=O) groups excluding carboxylic acids is 1. The predicted molar refractivity (Wildman–Crippen MR) is 87.0 cm³/mol. The quantitative estimate of drug-likeness (QED) is 0.879. The highest BCUT2D eigenvalue weighted by Crippen LogP contribution is 2.27. The minimum absolute atomic E-state index is 0.0257. The van der Waals surface area contributed by atoms with Crippen molar-refractivity contribution in [3.05, 3.63) is 29.8 Å². The van der Waals surface area contributed by atoms with Crippen molar-refractivity contribution < 1.29 is 14.6 Å². The van der Waals surface area contributed by atoms with Crippen molar-refractivity contribution in [2.24, 2.45) is 5.92 Å². The number of amides is 1. The molecule has 0 saturated heterocycles. The van der Waals surface area contributed by atoms with Gasteiger partial charge in [0.05, 0.1) is 18.6 Å². The molecule has 1 aliphatic rings. The molecule has 22 heavy (non-hydrogen) atoms. The van der Waals surface area contributed by atoms with E-state index >= 15 is 0 Å². The van der Waals surface area contributed by atoms with Gasteiger partial charge in [0.25, 0.3) is 0 Å². The lowest BCUT2D eigenvalue weighted by molar-refractivity contribution is -0.126. The highest BCUT2D eigenvalue weighted by Gasteiger charge is 2.30. The number of carbonyl (C=O) groups is 1. The first-order valence-electron chi connectivity index (χ1n) is 8.04. The van der Waals surface area contributed by atoms with E-state index in [0.29, 0.717) is 12.5 Å². The lowest BCUT2D eigenvalue weighted by atomic mass is 9.83. The van der Waals surface area contributed by atoms with E-state index in [-0.39, 0.29) is 12.0 Å². The van der Waals surface area contributed by atoms with Crippen LogP contribution >= 0.6 is 0 Å². The normalized spacial score (nSPS) is 22.2. The van der Waals surface area contributed by atoms with Gasteiger partial charge < -0.3 is 15.2 Å². The second-order valence-corrected chi connectivity index (χ2v) is 6.75. The number of methoxy groups -OCH3 is 1. The van der Waals surface area contributed by atoms with Crippen LogP contribution in [0.1, 0.15) is 45.1 Å². The second-order valence-electron chi connectivity index (χ2n) is 6.75. The summed E-state index contributed by atoms with van der Waals surface area (Å²) in [6.07, 6.45) is 3.61. The Morgan fingerprint density at radius 1 is 1.32 bits per heavy atom. The summed E-state index contributed by atoms with van der Waals surface area (Å²) >= 11 is 0. The summed E-state index contributed by atoms with van der Waals surface area (Å²) in [7, 11) is 1.63. The molecule has 1 amide bonds. The maximum absolute atomic E-state index is 12.5. The topological polar surface area (TPSA) is 58.6 Å². The molecule has 1 aromatic carbocycles. The molecule has 4 heteroatoms. The van der Waals surface area contributed by atoms with Crippen LogP contribution in [0.15, 0.2) is 24.3 Å².